The Labute approximate surface area is 105 Å². The standard InChI is InChI=1S/C14H26O3/c1-3-5-8-14(4-2,13(15)16)11-12-6-9-17-10-7-12/h12H,3-11H2,1-2H3,(H,15,16). The first-order valence-corrected chi connectivity index (χ1v) is 6.95. The fourth-order valence-corrected chi connectivity index (χ4v) is 2.79. The third kappa shape index (κ3) is 3.98. The molecule has 0 aromatic rings. The number of hydrogen-bond acceptors (Lipinski definition) is 2. The normalized spacial score (nSPS) is 21.1. The van der Waals surface area contributed by atoms with Gasteiger partial charge in [0.05, 0.1) is 5.41 Å². The molecule has 0 radical (unpaired) electrons. The Hall–Kier alpha value is -0.570. The fraction of sp³-hybridized carbons (Fsp3) is 0.929. The largest absolute Gasteiger partial charge is 0.481 e. The summed E-state index contributed by atoms with van der Waals surface area (Å²) in [5, 5.41) is 9.55. The van der Waals surface area contributed by atoms with Crippen LogP contribution in [0.5, 0.6) is 0 Å². The van der Waals surface area contributed by atoms with Crippen molar-refractivity contribution < 1.29 is 14.6 Å². The van der Waals surface area contributed by atoms with Crippen molar-refractivity contribution in [3.8, 4) is 0 Å². The molecule has 1 aliphatic rings. The van der Waals surface area contributed by atoms with Crippen LogP contribution in [0.3, 0.4) is 0 Å². The number of carboxylic acid groups (broad SMARTS) is 1. The monoisotopic (exact) mass is 242 g/mol. The minimum absolute atomic E-state index is 0.488. The molecular formula is C14H26O3. The van der Waals surface area contributed by atoms with Crippen molar-refractivity contribution in [2.45, 2.75) is 58.8 Å². The van der Waals surface area contributed by atoms with E-state index in [9.17, 15) is 9.90 Å². The Balaban J connectivity index is 2.63. The zero-order chi connectivity index (χ0) is 12.7. The van der Waals surface area contributed by atoms with Gasteiger partial charge in [-0.15, -0.1) is 0 Å². The highest BCUT2D eigenvalue weighted by Gasteiger charge is 2.38. The summed E-state index contributed by atoms with van der Waals surface area (Å²) < 4.78 is 5.34. The van der Waals surface area contributed by atoms with Gasteiger partial charge in [-0.05, 0) is 38.0 Å². The van der Waals surface area contributed by atoms with Crippen molar-refractivity contribution in [3.63, 3.8) is 0 Å². The topological polar surface area (TPSA) is 46.5 Å². The quantitative estimate of drug-likeness (QED) is 0.743. The van der Waals surface area contributed by atoms with Crippen LogP contribution in [0.25, 0.3) is 0 Å². The Bertz CT molecular complexity index is 234. The van der Waals surface area contributed by atoms with Crippen LogP contribution in [-0.2, 0) is 9.53 Å². The zero-order valence-electron chi connectivity index (χ0n) is 11.2. The van der Waals surface area contributed by atoms with Gasteiger partial charge in [0.25, 0.3) is 0 Å². The van der Waals surface area contributed by atoms with E-state index in [1.807, 2.05) is 6.92 Å². The third-order valence-corrected chi connectivity index (χ3v) is 4.16. The van der Waals surface area contributed by atoms with E-state index in [2.05, 4.69) is 6.92 Å². The lowest BCUT2D eigenvalue weighted by molar-refractivity contribution is -0.151. The predicted octanol–water partition coefficient (Wildman–Crippen LogP) is 3.47. The molecule has 3 heteroatoms. The van der Waals surface area contributed by atoms with Gasteiger partial charge >= 0.3 is 5.97 Å². The minimum Gasteiger partial charge on any atom is -0.481 e. The van der Waals surface area contributed by atoms with Crippen LogP contribution in [0, 0.1) is 11.3 Å². The minimum atomic E-state index is -0.597. The highest BCUT2D eigenvalue weighted by Crippen LogP contribution is 2.39. The maximum Gasteiger partial charge on any atom is 0.309 e. The fourth-order valence-electron chi connectivity index (χ4n) is 2.79. The van der Waals surface area contributed by atoms with Gasteiger partial charge in [0.2, 0.25) is 0 Å². The highest BCUT2D eigenvalue weighted by molar-refractivity contribution is 5.74. The first kappa shape index (κ1) is 14.5. The summed E-state index contributed by atoms with van der Waals surface area (Å²) in [5.41, 5.74) is -0.488. The molecule has 0 amide bonds. The molecule has 1 N–H and O–H groups in total. The second-order valence-electron chi connectivity index (χ2n) is 5.30. The molecule has 0 spiro atoms. The van der Waals surface area contributed by atoms with Crippen molar-refractivity contribution >= 4 is 5.97 Å². The average molecular weight is 242 g/mol. The van der Waals surface area contributed by atoms with E-state index in [-0.39, 0.29) is 0 Å². The summed E-state index contributed by atoms with van der Waals surface area (Å²) in [6, 6.07) is 0. The first-order valence-electron chi connectivity index (χ1n) is 6.95. The second kappa shape index (κ2) is 7.00. The van der Waals surface area contributed by atoms with E-state index in [0.717, 1.165) is 58.2 Å². The molecule has 1 unspecified atom stereocenters. The molecule has 0 aromatic carbocycles. The molecule has 1 saturated heterocycles. The van der Waals surface area contributed by atoms with Crippen molar-refractivity contribution in [2.24, 2.45) is 11.3 Å². The second-order valence-corrected chi connectivity index (χ2v) is 5.30. The molecule has 1 atom stereocenters. The van der Waals surface area contributed by atoms with Gasteiger partial charge in [0, 0.05) is 13.2 Å². The number of hydrogen-bond donors (Lipinski definition) is 1. The van der Waals surface area contributed by atoms with Crippen LogP contribution in [-0.4, -0.2) is 24.3 Å². The van der Waals surface area contributed by atoms with Crippen molar-refractivity contribution in [3.05, 3.63) is 0 Å². The summed E-state index contributed by atoms with van der Waals surface area (Å²) >= 11 is 0. The Morgan fingerprint density at radius 3 is 2.47 bits per heavy atom. The van der Waals surface area contributed by atoms with Crippen molar-refractivity contribution in [1.82, 2.24) is 0 Å². The molecule has 1 heterocycles. The molecule has 1 rings (SSSR count). The van der Waals surface area contributed by atoms with E-state index >= 15 is 0 Å². The van der Waals surface area contributed by atoms with E-state index in [1.54, 1.807) is 0 Å². The van der Waals surface area contributed by atoms with Crippen LogP contribution >= 0.6 is 0 Å². The summed E-state index contributed by atoms with van der Waals surface area (Å²) in [5.74, 6) is -0.0587. The summed E-state index contributed by atoms with van der Waals surface area (Å²) in [4.78, 5) is 11.6. The van der Waals surface area contributed by atoms with Crippen LogP contribution in [0.2, 0.25) is 0 Å². The maximum atomic E-state index is 11.6. The Morgan fingerprint density at radius 1 is 1.35 bits per heavy atom. The Kier molecular flexibility index (Phi) is 5.96. The van der Waals surface area contributed by atoms with E-state index in [1.165, 1.54) is 0 Å². The van der Waals surface area contributed by atoms with E-state index in [0.29, 0.717) is 5.92 Å². The average Bonchev–Trinajstić information content (AvgIpc) is 2.35. The smallest absolute Gasteiger partial charge is 0.309 e. The highest BCUT2D eigenvalue weighted by atomic mass is 16.5. The number of ether oxygens (including phenoxy) is 1. The molecular weight excluding hydrogens is 216 g/mol. The van der Waals surface area contributed by atoms with Gasteiger partial charge in [-0.25, -0.2) is 0 Å². The lowest BCUT2D eigenvalue weighted by atomic mass is 9.72. The maximum absolute atomic E-state index is 11.6. The number of unbranched alkanes of at least 4 members (excludes halogenated alkanes) is 1. The van der Waals surface area contributed by atoms with E-state index in [4.69, 9.17) is 4.74 Å². The molecule has 0 bridgehead atoms. The molecule has 0 aliphatic carbocycles. The summed E-state index contributed by atoms with van der Waals surface area (Å²) in [6.45, 7) is 5.75. The first-order chi connectivity index (χ1) is 8.14. The van der Waals surface area contributed by atoms with Gasteiger partial charge in [-0.1, -0.05) is 26.7 Å². The number of aliphatic carboxylic acids is 1. The van der Waals surface area contributed by atoms with Crippen molar-refractivity contribution in [1.29, 1.82) is 0 Å². The number of carboxylic acids is 1. The van der Waals surface area contributed by atoms with Gasteiger partial charge < -0.3 is 9.84 Å². The van der Waals surface area contributed by atoms with Crippen LogP contribution in [0.15, 0.2) is 0 Å². The predicted molar refractivity (Wildman–Crippen MR) is 68.0 cm³/mol. The van der Waals surface area contributed by atoms with Gasteiger partial charge in [0.15, 0.2) is 0 Å². The van der Waals surface area contributed by atoms with Crippen LogP contribution in [0.1, 0.15) is 58.8 Å². The third-order valence-electron chi connectivity index (χ3n) is 4.16. The molecule has 1 aliphatic heterocycles. The van der Waals surface area contributed by atoms with Crippen LogP contribution in [0.4, 0.5) is 0 Å². The van der Waals surface area contributed by atoms with Crippen LogP contribution < -0.4 is 0 Å². The summed E-state index contributed by atoms with van der Waals surface area (Å²) in [6.07, 6.45) is 6.56. The van der Waals surface area contributed by atoms with Gasteiger partial charge in [-0.3, -0.25) is 4.79 Å². The molecule has 0 aromatic heterocycles. The number of carbonyl (C=O) groups is 1. The lowest BCUT2D eigenvalue weighted by Crippen LogP contribution is -2.34. The summed E-state index contributed by atoms with van der Waals surface area (Å²) in [7, 11) is 0. The Morgan fingerprint density at radius 2 is 2.00 bits per heavy atom. The zero-order valence-corrected chi connectivity index (χ0v) is 11.2. The molecule has 1 fully saturated rings. The molecule has 3 nitrogen and oxygen atoms in total. The molecule has 17 heavy (non-hydrogen) atoms. The van der Waals surface area contributed by atoms with Gasteiger partial charge in [-0.2, -0.15) is 0 Å². The molecule has 0 saturated carbocycles. The lowest BCUT2D eigenvalue weighted by Gasteiger charge is -2.34. The SMILES string of the molecule is CCCCC(CC)(CC1CCOCC1)C(=O)O. The van der Waals surface area contributed by atoms with E-state index < -0.39 is 11.4 Å². The number of rotatable bonds is 7. The van der Waals surface area contributed by atoms with Crippen molar-refractivity contribution in [2.75, 3.05) is 13.2 Å². The van der Waals surface area contributed by atoms with Gasteiger partial charge in [0.1, 0.15) is 0 Å². The molecule has 100 valence electrons.